The highest BCUT2D eigenvalue weighted by atomic mass is 32.2. The highest BCUT2D eigenvalue weighted by Gasteiger charge is 2.30. The van der Waals surface area contributed by atoms with Crippen LogP contribution in [-0.4, -0.2) is 63.1 Å². The summed E-state index contributed by atoms with van der Waals surface area (Å²) in [6, 6.07) is 0. The lowest BCUT2D eigenvalue weighted by Gasteiger charge is -2.33. The smallest absolute Gasteiger partial charge is 0.164 e. The molecule has 0 bridgehead atoms. The average molecular weight is 238 g/mol. The van der Waals surface area contributed by atoms with E-state index in [-0.39, 0.29) is 5.37 Å². The van der Waals surface area contributed by atoms with Gasteiger partial charge in [0.25, 0.3) is 0 Å². The fourth-order valence-corrected chi connectivity index (χ4v) is 4.49. The van der Waals surface area contributed by atoms with Gasteiger partial charge in [-0.25, -0.2) is 8.42 Å². The Morgan fingerprint density at radius 1 is 1.57 bits per heavy atom. The lowest BCUT2D eigenvalue weighted by atomic mass is 10.4. The van der Waals surface area contributed by atoms with Gasteiger partial charge in [0.2, 0.25) is 0 Å². The Morgan fingerprint density at radius 2 is 2.29 bits per heavy atom. The first-order valence-corrected chi connectivity index (χ1v) is 7.82. The summed E-state index contributed by atoms with van der Waals surface area (Å²) in [4.78, 5) is 2.06. The van der Waals surface area contributed by atoms with Crippen LogP contribution in [0.2, 0.25) is 0 Å². The predicted octanol–water partition coefficient (Wildman–Crippen LogP) is -0.375. The molecule has 6 heteroatoms. The van der Waals surface area contributed by atoms with Gasteiger partial charge in [0.1, 0.15) is 5.37 Å². The highest BCUT2D eigenvalue weighted by molar-refractivity contribution is 8.00. The van der Waals surface area contributed by atoms with Crippen LogP contribution in [0.4, 0.5) is 0 Å². The number of hydrogen-bond donors (Lipinski definition) is 1. The van der Waals surface area contributed by atoms with E-state index in [1.807, 2.05) is 7.05 Å². The Balaban J connectivity index is 2.60. The molecule has 1 aliphatic heterocycles. The van der Waals surface area contributed by atoms with Gasteiger partial charge in [-0.05, 0) is 7.05 Å². The largest absolute Gasteiger partial charge is 0.318 e. The van der Waals surface area contributed by atoms with Crippen LogP contribution in [0, 0.1) is 0 Å². The lowest BCUT2D eigenvalue weighted by Crippen LogP contribution is -2.48. The average Bonchev–Trinajstić information content (AvgIpc) is 2.14. The third kappa shape index (κ3) is 3.42. The van der Waals surface area contributed by atoms with Crippen LogP contribution in [0.5, 0.6) is 0 Å². The topological polar surface area (TPSA) is 49.4 Å². The van der Waals surface area contributed by atoms with Gasteiger partial charge in [-0.15, -0.1) is 0 Å². The standard InChI is InChI=1S/C8H18N2O2S2/c1-9-3-4-10-5-6-13-7-8(10)14(2,11)12/h8-9H,3-7H2,1-2H3. The maximum Gasteiger partial charge on any atom is 0.164 e. The number of sulfone groups is 1. The Labute approximate surface area is 90.3 Å². The van der Waals surface area contributed by atoms with Crippen LogP contribution < -0.4 is 5.32 Å². The molecule has 0 radical (unpaired) electrons. The molecule has 0 amide bonds. The normalized spacial score (nSPS) is 25.1. The monoisotopic (exact) mass is 238 g/mol. The van der Waals surface area contributed by atoms with Gasteiger partial charge in [-0.1, -0.05) is 0 Å². The molecule has 0 saturated carbocycles. The molecule has 1 saturated heterocycles. The first-order chi connectivity index (χ1) is 6.55. The molecule has 0 aromatic carbocycles. The van der Waals surface area contributed by atoms with E-state index in [2.05, 4.69) is 10.2 Å². The minimum absolute atomic E-state index is 0.283. The van der Waals surface area contributed by atoms with Gasteiger partial charge in [0.05, 0.1) is 0 Å². The zero-order valence-electron chi connectivity index (χ0n) is 8.69. The molecule has 4 nitrogen and oxygen atoms in total. The second-order valence-corrected chi connectivity index (χ2v) is 6.85. The second-order valence-electron chi connectivity index (χ2n) is 3.50. The molecule has 1 aliphatic rings. The molecule has 0 aromatic heterocycles. The van der Waals surface area contributed by atoms with E-state index in [1.54, 1.807) is 11.8 Å². The van der Waals surface area contributed by atoms with Crippen molar-refractivity contribution in [2.45, 2.75) is 5.37 Å². The van der Waals surface area contributed by atoms with Crippen LogP contribution >= 0.6 is 11.8 Å². The predicted molar refractivity (Wildman–Crippen MR) is 61.5 cm³/mol. The van der Waals surface area contributed by atoms with Crippen LogP contribution in [0.25, 0.3) is 0 Å². The number of rotatable bonds is 4. The summed E-state index contributed by atoms with van der Waals surface area (Å²) >= 11 is 1.73. The van der Waals surface area contributed by atoms with Crippen molar-refractivity contribution in [2.75, 3.05) is 44.4 Å². The van der Waals surface area contributed by atoms with Crippen molar-refractivity contribution in [1.82, 2.24) is 10.2 Å². The first kappa shape index (κ1) is 12.3. The third-order valence-corrected chi connectivity index (χ3v) is 5.02. The summed E-state index contributed by atoms with van der Waals surface area (Å²) in [7, 11) is -1.05. The molecule has 1 unspecified atom stereocenters. The molecular weight excluding hydrogens is 220 g/mol. The van der Waals surface area contributed by atoms with E-state index in [0.29, 0.717) is 5.75 Å². The van der Waals surface area contributed by atoms with E-state index in [4.69, 9.17) is 0 Å². The maximum absolute atomic E-state index is 11.5. The molecule has 84 valence electrons. The van der Waals surface area contributed by atoms with Gasteiger partial charge in [0.15, 0.2) is 9.84 Å². The lowest BCUT2D eigenvalue weighted by molar-refractivity contribution is 0.272. The molecule has 1 heterocycles. The summed E-state index contributed by atoms with van der Waals surface area (Å²) in [6.07, 6.45) is 1.33. The summed E-state index contributed by atoms with van der Waals surface area (Å²) in [5.41, 5.74) is 0. The Morgan fingerprint density at radius 3 is 2.86 bits per heavy atom. The van der Waals surface area contributed by atoms with E-state index >= 15 is 0 Å². The third-order valence-electron chi connectivity index (χ3n) is 2.33. The minimum atomic E-state index is -2.93. The molecular formula is C8H18N2O2S2. The molecule has 0 aliphatic carbocycles. The van der Waals surface area contributed by atoms with E-state index < -0.39 is 9.84 Å². The fraction of sp³-hybridized carbons (Fsp3) is 1.00. The number of nitrogens with one attached hydrogen (secondary N) is 1. The summed E-state index contributed by atoms with van der Waals surface area (Å²) < 4.78 is 23.0. The van der Waals surface area contributed by atoms with Gasteiger partial charge >= 0.3 is 0 Å². The quantitative estimate of drug-likeness (QED) is 0.724. The van der Waals surface area contributed by atoms with Gasteiger partial charge in [-0.2, -0.15) is 11.8 Å². The second kappa shape index (κ2) is 5.34. The van der Waals surface area contributed by atoms with Crippen LogP contribution in [0.1, 0.15) is 0 Å². The number of likely N-dealkylation sites (N-methyl/N-ethyl adjacent to an activating group) is 1. The van der Waals surface area contributed by atoms with Crippen LogP contribution in [0.15, 0.2) is 0 Å². The van der Waals surface area contributed by atoms with Gasteiger partial charge in [-0.3, -0.25) is 4.90 Å². The molecule has 0 aromatic rings. The summed E-state index contributed by atoms with van der Waals surface area (Å²) in [6.45, 7) is 2.54. The van der Waals surface area contributed by atoms with Crippen molar-refractivity contribution in [3.05, 3.63) is 0 Å². The van der Waals surface area contributed by atoms with Crippen molar-refractivity contribution in [1.29, 1.82) is 0 Å². The van der Waals surface area contributed by atoms with E-state index in [9.17, 15) is 8.42 Å². The van der Waals surface area contributed by atoms with Crippen molar-refractivity contribution in [3.63, 3.8) is 0 Å². The minimum Gasteiger partial charge on any atom is -0.318 e. The maximum atomic E-state index is 11.5. The van der Waals surface area contributed by atoms with Crippen LogP contribution in [0.3, 0.4) is 0 Å². The van der Waals surface area contributed by atoms with E-state index in [0.717, 1.165) is 25.4 Å². The SMILES string of the molecule is CNCCN1CCSCC1S(C)(=O)=O. The molecule has 0 spiro atoms. The molecule has 1 atom stereocenters. The van der Waals surface area contributed by atoms with Crippen molar-refractivity contribution < 1.29 is 8.42 Å². The van der Waals surface area contributed by atoms with Crippen molar-refractivity contribution >= 4 is 21.6 Å². The van der Waals surface area contributed by atoms with Crippen molar-refractivity contribution in [2.24, 2.45) is 0 Å². The molecule has 1 rings (SSSR count). The Kier molecular flexibility index (Phi) is 4.69. The number of thioether (sulfide) groups is 1. The number of nitrogens with zero attached hydrogens (tertiary/aromatic N) is 1. The van der Waals surface area contributed by atoms with Crippen molar-refractivity contribution in [3.8, 4) is 0 Å². The fourth-order valence-electron chi connectivity index (χ4n) is 1.52. The van der Waals surface area contributed by atoms with Gasteiger partial charge in [0, 0.05) is 37.4 Å². The summed E-state index contributed by atoms with van der Waals surface area (Å²) in [5.74, 6) is 1.75. The molecule has 14 heavy (non-hydrogen) atoms. The zero-order valence-corrected chi connectivity index (χ0v) is 10.3. The highest BCUT2D eigenvalue weighted by Crippen LogP contribution is 2.19. The molecule has 1 N–H and O–H groups in total. The van der Waals surface area contributed by atoms with Gasteiger partial charge < -0.3 is 5.32 Å². The Bertz CT molecular complexity index is 267. The molecule has 1 fully saturated rings. The Hall–Kier alpha value is 0.220. The van der Waals surface area contributed by atoms with Crippen LogP contribution in [-0.2, 0) is 9.84 Å². The summed E-state index contributed by atoms with van der Waals surface area (Å²) in [5, 5.41) is 2.76. The first-order valence-electron chi connectivity index (χ1n) is 4.71. The van der Waals surface area contributed by atoms with E-state index in [1.165, 1.54) is 6.26 Å². The number of hydrogen-bond acceptors (Lipinski definition) is 5. The zero-order chi connectivity index (χ0) is 10.6.